The highest BCUT2D eigenvalue weighted by Gasteiger charge is 2.20. The minimum Gasteiger partial charge on any atom is -0.476 e. The molecule has 0 unspecified atom stereocenters. The fraction of sp³-hybridized carbons (Fsp3) is 0.308. The molecule has 3 rings (SSSR count). The van der Waals surface area contributed by atoms with Gasteiger partial charge in [-0.3, -0.25) is 0 Å². The van der Waals surface area contributed by atoms with Crippen LogP contribution in [-0.2, 0) is 0 Å². The van der Waals surface area contributed by atoms with E-state index >= 15 is 0 Å². The number of aromatic nitrogens is 3. The normalized spacial score (nSPS) is 14.9. The Balaban J connectivity index is 1.75. The summed E-state index contributed by atoms with van der Waals surface area (Å²) >= 11 is 0. The summed E-state index contributed by atoms with van der Waals surface area (Å²) in [6, 6.07) is 7.68. The van der Waals surface area contributed by atoms with Crippen molar-refractivity contribution in [1.82, 2.24) is 15.4 Å². The molecule has 1 aromatic heterocycles. The molecule has 19 heavy (non-hydrogen) atoms. The van der Waals surface area contributed by atoms with Crippen molar-refractivity contribution >= 4 is 5.97 Å². The van der Waals surface area contributed by atoms with Crippen molar-refractivity contribution in [3.8, 4) is 11.6 Å². The largest absolute Gasteiger partial charge is 0.476 e. The van der Waals surface area contributed by atoms with Crippen LogP contribution in [-0.4, -0.2) is 26.5 Å². The number of nitrogens with zero attached hydrogens (tertiary/aromatic N) is 2. The molecule has 0 radical (unpaired) electrons. The van der Waals surface area contributed by atoms with Gasteiger partial charge >= 0.3 is 5.97 Å². The first-order chi connectivity index (χ1) is 9.24. The monoisotopic (exact) mass is 259 g/mol. The van der Waals surface area contributed by atoms with Crippen LogP contribution in [0.5, 0.6) is 11.6 Å². The number of ether oxygens (including phenoxy) is 1. The first-order valence-corrected chi connectivity index (χ1v) is 6.16. The van der Waals surface area contributed by atoms with Gasteiger partial charge in [0.1, 0.15) is 5.75 Å². The molecule has 1 aliphatic carbocycles. The Kier molecular flexibility index (Phi) is 2.91. The van der Waals surface area contributed by atoms with Crippen LogP contribution in [0, 0.1) is 0 Å². The Morgan fingerprint density at radius 3 is 2.63 bits per heavy atom. The van der Waals surface area contributed by atoms with Crippen LogP contribution in [0.25, 0.3) is 0 Å². The first-order valence-electron chi connectivity index (χ1n) is 6.16. The number of aromatic amines is 1. The van der Waals surface area contributed by atoms with E-state index in [1.807, 2.05) is 24.3 Å². The van der Waals surface area contributed by atoms with Gasteiger partial charge in [0.15, 0.2) is 0 Å². The second-order valence-corrected chi connectivity index (χ2v) is 4.60. The Hall–Kier alpha value is -2.37. The van der Waals surface area contributed by atoms with Crippen molar-refractivity contribution in [2.75, 3.05) is 0 Å². The van der Waals surface area contributed by atoms with Crippen LogP contribution in [0.3, 0.4) is 0 Å². The van der Waals surface area contributed by atoms with Crippen molar-refractivity contribution < 1.29 is 14.6 Å². The summed E-state index contributed by atoms with van der Waals surface area (Å²) in [5, 5.41) is 18.2. The van der Waals surface area contributed by atoms with Crippen molar-refractivity contribution in [3.05, 3.63) is 35.5 Å². The molecule has 1 aliphatic rings. The van der Waals surface area contributed by atoms with Crippen molar-refractivity contribution in [3.63, 3.8) is 0 Å². The summed E-state index contributed by atoms with van der Waals surface area (Å²) in [5.74, 6) is 0.0464. The van der Waals surface area contributed by atoms with Gasteiger partial charge in [0.05, 0.1) is 0 Å². The summed E-state index contributed by atoms with van der Waals surface area (Å²) in [6.07, 6.45) is 3.78. The van der Waals surface area contributed by atoms with E-state index < -0.39 is 5.97 Å². The lowest BCUT2D eigenvalue weighted by atomic mass is 9.80. The van der Waals surface area contributed by atoms with Crippen LogP contribution in [0.15, 0.2) is 24.3 Å². The highest BCUT2D eigenvalue weighted by molar-refractivity contribution is 5.87. The predicted molar refractivity (Wildman–Crippen MR) is 66.5 cm³/mol. The van der Waals surface area contributed by atoms with Crippen LogP contribution in [0.4, 0.5) is 0 Å². The summed E-state index contributed by atoms with van der Waals surface area (Å²) in [6.45, 7) is 0. The molecule has 0 amide bonds. The molecule has 1 heterocycles. The molecule has 0 atom stereocenters. The Morgan fingerprint density at radius 1 is 1.32 bits per heavy atom. The summed E-state index contributed by atoms with van der Waals surface area (Å²) in [4.78, 5) is 10.9. The van der Waals surface area contributed by atoms with Crippen LogP contribution < -0.4 is 4.74 Å². The van der Waals surface area contributed by atoms with E-state index in [1.54, 1.807) is 0 Å². The summed E-state index contributed by atoms with van der Waals surface area (Å²) in [5.41, 5.74) is 1.15. The maximum Gasteiger partial charge on any atom is 0.359 e. The second kappa shape index (κ2) is 4.72. The van der Waals surface area contributed by atoms with Crippen LogP contribution in [0.2, 0.25) is 0 Å². The first kappa shape index (κ1) is 11.7. The van der Waals surface area contributed by atoms with E-state index in [1.165, 1.54) is 24.8 Å². The Bertz CT molecular complexity index is 587. The molecule has 0 spiro atoms. The molecule has 1 saturated carbocycles. The molecule has 98 valence electrons. The van der Waals surface area contributed by atoms with Gasteiger partial charge in [-0.1, -0.05) is 28.9 Å². The number of aromatic carboxylic acids is 1. The molecule has 1 aromatic carbocycles. The fourth-order valence-electron chi connectivity index (χ4n) is 2.09. The zero-order chi connectivity index (χ0) is 13.2. The number of carboxylic acids is 1. The van der Waals surface area contributed by atoms with Crippen molar-refractivity contribution in [2.24, 2.45) is 0 Å². The molecule has 0 aliphatic heterocycles. The van der Waals surface area contributed by atoms with E-state index in [0.29, 0.717) is 11.7 Å². The molecule has 0 bridgehead atoms. The lowest BCUT2D eigenvalue weighted by molar-refractivity contribution is 0.0687. The third-order valence-electron chi connectivity index (χ3n) is 3.40. The third kappa shape index (κ3) is 2.29. The topological polar surface area (TPSA) is 88.1 Å². The molecule has 1 fully saturated rings. The zero-order valence-corrected chi connectivity index (χ0v) is 10.2. The Labute approximate surface area is 109 Å². The van der Waals surface area contributed by atoms with Gasteiger partial charge in [0.25, 0.3) is 5.88 Å². The Morgan fingerprint density at radius 2 is 2.05 bits per heavy atom. The quantitative estimate of drug-likeness (QED) is 0.880. The third-order valence-corrected chi connectivity index (χ3v) is 3.40. The molecular formula is C13H13N3O3. The lowest BCUT2D eigenvalue weighted by Crippen LogP contribution is -2.08. The molecular weight excluding hydrogens is 246 g/mol. The van der Waals surface area contributed by atoms with Gasteiger partial charge in [0, 0.05) is 0 Å². The van der Waals surface area contributed by atoms with E-state index in [0.717, 1.165) is 0 Å². The maximum absolute atomic E-state index is 10.9. The van der Waals surface area contributed by atoms with Gasteiger partial charge < -0.3 is 9.84 Å². The summed E-state index contributed by atoms with van der Waals surface area (Å²) in [7, 11) is 0. The van der Waals surface area contributed by atoms with Gasteiger partial charge in [-0.05, 0) is 36.5 Å². The number of nitrogens with one attached hydrogen (secondary N) is 1. The zero-order valence-electron chi connectivity index (χ0n) is 10.2. The predicted octanol–water partition coefficient (Wildman–Crippen LogP) is 2.56. The smallest absolute Gasteiger partial charge is 0.359 e. The molecule has 6 heteroatoms. The highest BCUT2D eigenvalue weighted by atomic mass is 16.5. The highest BCUT2D eigenvalue weighted by Crippen LogP contribution is 2.37. The number of rotatable bonds is 4. The van der Waals surface area contributed by atoms with E-state index in [-0.39, 0.29) is 11.6 Å². The van der Waals surface area contributed by atoms with Gasteiger partial charge in [-0.15, -0.1) is 0 Å². The van der Waals surface area contributed by atoms with E-state index in [9.17, 15) is 4.79 Å². The fourth-order valence-corrected chi connectivity index (χ4v) is 2.09. The number of hydrogen-bond donors (Lipinski definition) is 2. The molecule has 2 aromatic rings. The SMILES string of the molecule is O=C(O)c1[nH]nnc1Oc1ccc(C2CCC2)cc1. The number of H-pyrrole nitrogens is 1. The number of carboxylic acid groups (broad SMARTS) is 1. The lowest BCUT2D eigenvalue weighted by Gasteiger charge is -2.25. The second-order valence-electron chi connectivity index (χ2n) is 4.60. The van der Waals surface area contributed by atoms with Crippen molar-refractivity contribution in [2.45, 2.75) is 25.2 Å². The number of carbonyl (C=O) groups is 1. The van der Waals surface area contributed by atoms with Gasteiger partial charge in [-0.25, -0.2) is 9.89 Å². The van der Waals surface area contributed by atoms with Gasteiger partial charge in [0.2, 0.25) is 5.69 Å². The van der Waals surface area contributed by atoms with Gasteiger partial charge in [-0.2, -0.15) is 0 Å². The summed E-state index contributed by atoms with van der Waals surface area (Å²) < 4.78 is 5.41. The molecule has 2 N–H and O–H groups in total. The van der Waals surface area contributed by atoms with Crippen LogP contribution in [0.1, 0.15) is 41.2 Å². The maximum atomic E-state index is 10.9. The minimum absolute atomic E-state index is 0.0242. The van der Waals surface area contributed by atoms with E-state index in [4.69, 9.17) is 9.84 Å². The average Bonchev–Trinajstić information content (AvgIpc) is 2.77. The number of benzene rings is 1. The number of hydrogen-bond acceptors (Lipinski definition) is 4. The minimum atomic E-state index is -1.15. The van der Waals surface area contributed by atoms with E-state index in [2.05, 4.69) is 15.4 Å². The molecule has 6 nitrogen and oxygen atoms in total. The molecule has 0 saturated heterocycles. The average molecular weight is 259 g/mol. The standard InChI is InChI=1S/C13H13N3O3/c17-13(18)11-12(15-16-14-11)19-10-6-4-9(5-7-10)8-2-1-3-8/h4-8H,1-3H2,(H,17,18)(H,14,15,16). The van der Waals surface area contributed by atoms with Crippen LogP contribution >= 0.6 is 0 Å². The van der Waals surface area contributed by atoms with Crippen molar-refractivity contribution in [1.29, 1.82) is 0 Å².